The quantitative estimate of drug-likeness (QED) is 0.808. The van der Waals surface area contributed by atoms with Crippen molar-refractivity contribution in [2.45, 2.75) is 19.0 Å². The van der Waals surface area contributed by atoms with Crippen LogP contribution in [0.5, 0.6) is 0 Å². The summed E-state index contributed by atoms with van der Waals surface area (Å²) in [5, 5.41) is 11.6. The Bertz CT molecular complexity index is 575. The van der Waals surface area contributed by atoms with E-state index in [1.54, 1.807) is 11.3 Å². The zero-order valence-corrected chi connectivity index (χ0v) is 12.7. The highest BCUT2D eigenvalue weighted by Gasteiger charge is 2.35. The molecular weight excluding hydrogens is 286 g/mol. The molecule has 2 aliphatic rings. The normalized spacial score (nSPS) is 21.7. The number of hydrogen-bond donors (Lipinski definition) is 2. The molecule has 0 aromatic carbocycles. The van der Waals surface area contributed by atoms with E-state index < -0.39 is 0 Å². The molecule has 5 nitrogen and oxygen atoms in total. The summed E-state index contributed by atoms with van der Waals surface area (Å²) in [4.78, 5) is 18.3. The molecule has 0 saturated carbocycles. The van der Waals surface area contributed by atoms with E-state index in [4.69, 9.17) is 5.11 Å². The van der Waals surface area contributed by atoms with E-state index in [-0.39, 0.29) is 12.6 Å². The van der Waals surface area contributed by atoms with Crippen molar-refractivity contribution in [2.24, 2.45) is 0 Å². The van der Waals surface area contributed by atoms with E-state index in [1.807, 2.05) is 11.0 Å². The number of hydrogen-bond acceptors (Lipinski definition) is 4. The number of nitrogens with one attached hydrogen (secondary N) is 1. The molecule has 3 heterocycles. The highest BCUT2D eigenvalue weighted by molar-refractivity contribution is 7.12. The number of urea groups is 1. The van der Waals surface area contributed by atoms with Crippen LogP contribution in [0.15, 0.2) is 12.1 Å². The van der Waals surface area contributed by atoms with Crippen LogP contribution in [0.2, 0.25) is 0 Å². The summed E-state index contributed by atoms with van der Waals surface area (Å²) < 4.78 is 0. The SMILES string of the molecule is O=C1NCC2CN(Cc3ccc(C#CCCO)s3)CCN12. The average molecular weight is 305 g/mol. The number of rotatable bonds is 3. The first kappa shape index (κ1) is 14.4. The van der Waals surface area contributed by atoms with Gasteiger partial charge < -0.3 is 15.3 Å². The van der Waals surface area contributed by atoms with E-state index in [9.17, 15) is 4.79 Å². The Labute approximate surface area is 128 Å². The predicted molar refractivity (Wildman–Crippen MR) is 82.1 cm³/mol. The maximum absolute atomic E-state index is 11.6. The molecule has 1 aromatic heterocycles. The van der Waals surface area contributed by atoms with E-state index in [2.05, 4.69) is 28.1 Å². The summed E-state index contributed by atoms with van der Waals surface area (Å²) in [6, 6.07) is 4.56. The molecule has 2 saturated heterocycles. The molecular formula is C15H19N3O2S. The molecule has 6 heteroatoms. The van der Waals surface area contributed by atoms with Crippen molar-refractivity contribution in [2.75, 3.05) is 32.8 Å². The van der Waals surface area contributed by atoms with Crippen molar-refractivity contribution in [3.63, 3.8) is 0 Å². The smallest absolute Gasteiger partial charge is 0.317 e. The van der Waals surface area contributed by atoms with Gasteiger partial charge in [0, 0.05) is 44.0 Å². The third-order valence-corrected chi connectivity index (χ3v) is 4.79. The third kappa shape index (κ3) is 3.38. The summed E-state index contributed by atoms with van der Waals surface area (Å²) in [7, 11) is 0. The van der Waals surface area contributed by atoms with Crippen molar-refractivity contribution in [1.29, 1.82) is 0 Å². The molecule has 2 amide bonds. The van der Waals surface area contributed by atoms with Crippen molar-refractivity contribution in [1.82, 2.24) is 15.1 Å². The maximum Gasteiger partial charge on any atom is 0.317 e. The zero-order chi connectivity index (χ0) is 14.7. The summed E-state index contributed by atoms with van der Waals surface area (Å²) in [5.74, 6) is 6.02. The van der Waals surface area contributed by atoms with Gasteiger partial charge in [0.25, 0.3) is 0 Å². The molecule has 3 rings (SSSR count). The van der Waals surface area contributed by atoms with Gasteiger partial charge in [0.1, 0.15) is 0 Å². The van der Waals surface area contributed by atoms with Gasteiger partial charge in [-0.2, -0.15) is 0 Å². The number of aliphatic hydroxyl groups excluding tert-OH is 1. The van der Waals surface area contributed by atoms with Gasteiger partial charge in [0.2, 0.25) is 0 Å². The zero-order valence-electron chi connectivity index (χ0n) is 11.8. The fourth-order valence-corrected chi connectivity index (χ4v) is 3.69. The minimum Gasteiger partial charge on any atom is -0.395 e. The minimum atomic E-state index is 0.0808. The van der Waals surface area contributed by atoms with Gasteiger partial charge in [-0.1, -0.05) is 11.8 Å². The lowest BCUT2D eigenvalue weighted by Crippen LogP contribution is -2.51. The van der Waals surface area contributed by atoms with Crippen LogP contribution in [-0.2, 0) is 6.54 Å². The topological polar surface area (TPSA) is 55.8 Å². The first-order valence-corrected chi connectivity index (χ1v) is 8.03. The van der Waals surface area contributed by atoms with Crippen molar-refractivity contribution >= 4 is 17.4 Å². The number of carbonyl (C=O) groups excluding carboxylic acids is 1. The molecule has 2 fully saturated rings. The van der Waals surface area contributed by atoms with Gasteiger partial charge in [-0.3, -0.25) is 4.90 Å². The second-order valence-electron chi connectivity index (χ2n) is 5.31. The number of carbonyl (C=O) groups is 1. The van der Waals surface area contributed by atoms with Crippen LogP contribution < -0.4 is 5.32 Å². The fraction of sp³-hybridized carbons (Fsp3) is 0.533. The molecule has 1 aromatic rings. The van der Waals surface area contributed by atoms with E-state index in [1.165, 1.54) is 4.88 Å². The molecule has 0 bridgehead atoms. The van der Waals surface area contributed by atoms with Crippen LogP contribution in [0.25, 0.3) is 0 Å². The van der Waals surface area contributed by atoms with E-state index in [0.29, 0.717) is 12.5 Å². The summed E-state index contributed by atoms with van der Waals surface area (Å²) in [6.07, 6.45) is 0.526. The molecule has 0 aliphatic carbocycles. The molecule has 2 aliphatic heterocycles. The Balaban J connectivity index is 1.56. The van der Waals surface area contributed by atoms with Crippen molar-refractivity contribution in [3.8, 4) is 11.8 Å². The number of piperazine rings is 1. The lowest BCUT2D eigenvalue weighted by atomic mass is 10.2. The van der Waals surface area contributed by atoms with Gasteiger partial charge >= 0.3 is 6.03 Å². The Hall–Kier alpha value is -1.55. The van der Waals surface area contributed by atoms with Gasteiger partial charge in [0.05, 0.1) is 17.5 Å². The number of fused-ring (bicyclic) bond motifs is 1. The van der Waals surface area contributed by atoms with Crippen molar-refractivity contribution in [3.05, 3.63) is 21.9 Å². The Morgan fingerprint density at radius 2 is 2.33 bits per heavy atom. The minimum absolute atomic E-state index is 0.0808. The first-order chi connectivity index (χ1) is 10.3. The standard InChI is InChI=1S/C15H19N3O2S/c19-8-2-1-3-13-4-5-14(21-13)11-17-6-7-18-12(10-17)9-16-15(18)20/h4-5,12,19H,2,6-11H2,(H,16,20). The van der Waals surface area contributed by atoms with Crippen LogP contribution in [0.1, 0.15) is 16.2 Å². The van der Waals surface area contributed by atoms with E-state index >= 15 is 0 Å². The van der Waals surface area contributed by atoms with Crippen molar-refractivity contribution < 1.29 is 9.90 Å². The number of amides is 2. The van der Waals surface area contributed by atoms with Gasteiger partial charge in [0.15, 0.2) is 0 Å². The van der Waals surface area contributed by atoms with Gasteiger partial charge in [-0.25, -0.2) is 4.79 Å². The van der Waals surface area contributed by atoms with Gasteiger partial charge in [-0.15, -0.1) is 11.3 Å². The molecule has 0 radical (unpaired) electrons. The molecule has 21 heavy (non-hydrogen) atoms. The molecule has 1 unspecified atom stereocenters. The van der Waals surface area contributed by atoms with Crippen LogP contribution in [0, 0.1) is 11.8 Å². The van der Waals surface area contributed by atoms with Crippen LogP contribution >= 0.6 is 11.3 Å². The highest BCUT2D eigenvalue weighted by Crippen LogP contribution is 2.20. The van der Waals surface area contributed by atoms with Crippen LogP contribution in [0.3, 0.4) is 0 Å². The second-order valence-corrected chi connectivity index (χ2v) is 6.48. The molecule has 1 atom stereocenters. The molecule has 112 valence electrons. The maximum atomic E-state index is 11.6. The molecule has 2 N–H and O–H groups in total. The number of nitrogens with zero attached hydrogens (tertiary/aromatic N) is 2. The Kier molecular flexibility index (Phi) is 4.44. The average Bonchev–Trinajstić information content (AvgIpc) is 3.07. The molecule has 0 spiro atoms. The Morgan fingerprint density at radius 1 is 1.43 bits per heavy atom. The predicted octanol–water partition coefficient (Wildman–Crippen LogP) is 0.691. The van der Waals surface area contributed by atoms with Crippen LogP contribution in [0.4, 0.5) is 4.79 Å². The monoisotopic (exact) mass is 305 g/mol. The summed E-state index contributed by atoms with van der Waals surface area (Å²) in [6.45, 7) is 4.47. The summed E-state index contributed by atoms with van der Waals surface area (Å²) >= 11 is 1.71. The Morgan fingerprint density at radius 3 is 3.19 bits per heavy atom. The third-order valence-electron chi connectivity index (χ3n) is 3.81. The largest absolute Gasteiger partial charge is 0.395 e. The van der Waals surface area contributed by atoms with Crippen LogP contribution in [-0.4, -0.2) is 59.8 Å². The first-order valence-electron chi connectivity index (χ1n) is 7.21. The summed E-state index contributed by atoms with van der Waals surface area (Å²) in [5.41, 5.74) is 0. The number of aliphatic hydroxyl groups is 1. The van der Waals surface area contributed by atoms with Gasteiger partial charge in [-0.05, 0) is 12.1 Å². The highest BCUT2D eigenvalue weighted by atomic mass is 32.1. The second kappa shape index (κ2) is 6.48. The lowest BCUT2D eigenvalue weighted by Gasteiger charge is -2.36. The lowest BCUT2D eigenvalue weighted by molar-refractivity contribution is 0.117. The van der Waals surface area contributed by atoms with E-state index in [0.717, 1.165) is 37.6 Å². The fourth-order valence-electron chi connectivity index (χ4n) is 2.77. The number of thiophene rings is 1.